The van der Waals surface area contributed by atoms with Crippen LogP contribution in [0.25, 0.3) is 16.9 Å². The summed E-state index contributed by atoms with van der Waals surface area (Å²) in [5.74, 6) is -0.388. The number of aryl methyl sites for hydroxylation is 1. The van der Waals surface area contributed by atoms with E-state index in [-0.39, 0.29) is 17.7 Å². The van der Waals surface area contributed by atoms with Crippen LogP contribution in [0.2, 0.25) is 0 Å². The lowest BCUT2D eigenvalue weighted by Crippen LogP contribution is -2.36. The molecule has 41 heavy (non-hydrogen) atoms. The summed E-state index contributed by atoms with van der Waals surface area (Å²) < 4.78 is 9.47. The van der Waals surface area contributed by atoms with E-state index in [1.807, 2.05) is 60.0 Å². The maximum Gasteiger partial charge on any atom is 0.332 e. The van der Waals surface area contributed by atoms with Crippen molar-refractivity contribution >= 4 is 11.7 Å². The van der Waals surface area contributed by atoms with Crippen molar-refractivity contribution < 1.29 is 14.6 Å². The molecule has 4 aromatic rings. The van der Waals surface area contributed by atoms with Gasteiger partial charge in [-0.1, -0.05) is 62.7 Å². The van der Waals surface area contributed by atoms with Gasteiger partial charge in [-0.3, -0.25) is 9.36 Å². The molecule has 0 amide bonds. The van der Waals surface area contributed by atoms with Gasteiger partial charge in [0.1, 0.15) is 6.33 Å². The SMILES string of the molecule is CCCc1c(Cc2ccc(-c3ccccc3C#N)cc2)c(=O)n([C@H]2CC[C@H](OC(CC)C(=O)O)CC2)c2ncnn12. The first-order valence-corrected chi connectivity index (χ1v) is 14.4. The molecule has 2 heterocycles. The molecule has 1 unspecified atom stereocenters. The van der Waals surface area contributed by atoms with Crippen LogP contribution in [0.5, 0.6) is 0 Å². The van der Waals surface area contributed by atoms with E-state index in [1.165, 1.54) is 6.33 Å². The van der Waals surface area contributed by atoms with Crippen molar-refractivity contribution in [2.24, 2.45) is 0 Å². The molecule has 0 saturated heterocycles. The Labute approximate surface area is 239 Å². The molecule has 0 radical (unpaired) electrons. The highest BCUT2D eigenvalue weighted by atomic mass is 16.5. The minimum Gasteiger partial charge on any atom is -0.479 e. The average molecular weight is 554 g/mol. The average Bonchev–Trinajstić information content (AvgIpc) is 3.48. The number of carboxylic acid groups (broad SMARTS) is 1. The van der Waals surface area contributed by atoms with E-state index in [0.717, 1.165) is 28.8 Å². The van der Waals surface area contributed by atoms with Crippen LogP contribution in [-0.2, 0) is 22.4 Å². The van der Waals surface area contributed by atoms with Crippen molar-refractivity contribution in [2.75, 3.05) is 0 Å². The Bertz CT molecular complexity index is 1620. The normalized spacial score (nSPS) is 17.8. The van der Waals surface area contributed by atoms with Crippen LogP contribution in [0.3, 0.4) is 0 Å². The third-order valence-electron chi connectivity index (χ3n) is 8.02. The van der Waals surface area contributed by atoms with Crippen LogP contribution in [0, 0.1) is 11.3 Å². The van der Waals surface area contributed by atoms with Gasteiger partial charge in [0.05, 0.1) is 23.4 Å². The number of fused-ring (bicyclic) bond motifs is 1. The first-order valence-electron chi connectivity index (χ1n) is 14.4. The number of benzene rings is 2. The van der Waals surface area contributed by atoms with Crippen LogP contribution in [0.1, 0.15) is 80.8 Å². The van der Waals surface area contributed by atoms with Gasteiger partial charge in [-0.25, -0.2) is 9.31 Å². The summed E-state index contributed by atoms with van der Waals surface area (Å²) in [4.78, 5) is 30.1. The lowest BCUT2D eigenvalue weighted by molar-refractivity contribution is -0.156. The first kappa shape index (κ1) is 28.2. The maximum absolute atomic E-state index is 14.2. The summed E-state index contributed by atoms with van der Waals surface area (Å²) in [6.07, 6.45) is 5.75. The molecule has 1 N–H and O–H groups in total. The van der Waals surface area contributed by atoms with E-state index in [9.17, 15) is 20.0 Å². The number of hydrogen-bond donors (Lipinski definition) is 1. The summed E-state index contributed by atoms with van der Waals surface area (Å²) in [5, 5.41) is 23.4. The number of aromatic nitrogens is 4. The fourth-order valence-electron chi connectivity index (χ4n) is 5.92. The Kier molecular flexibility index (Phi) is 8.60. The molecule has 1 saturated carbocycles. The van der Waals surface area contributed by atoms with Crippen molar-refractivity contribution in [3.8, 4) is 17.2 Å². The highest BCUT2D eigenvalue weighted by Crippen LogP contribution is 2.32. The number of ether oxygens (including phenoxy) is 1. The van der Waals surface area contributed by atoms with E-state index in [0.29, 0.717) is 61.9 Å². The third kappa shape index (κ3) is 5.79. The molecule has 0 aliphatic heterocycles. The van der Waals surface area contributed by atoms with Gasteiger partial charge in [0.15, 0.2) is 6.10 Å². The lowest BCUT2D eigenvalue weighted by atomic mass is 9.92. The van der Waals surface area contributed by atoms with Gasteiger partial charge >= 0.3 is 5.97 Å². The minimum absolute atomic E-state index is 0.0470. The van der Waals surface area contributed by atoms with E-state index in [2.05, 4.69) is 23.1 Å². The van der Waals surface area contributed by atoms with Crippen molar-refractivity contribution in [2.45, 2.75) is 83.5 Å². The van der Waals surface area contributed by atoms with Gasteiger partial charge in [-0.15, -0.1) is 0 Å². The Morgan fingerprint density at radius 2 is 1.85 bits per heavy atom. The molecule has 2 aromatic carbocycles. The standard InChI is InChI=1S/C32H35N5O4/c1-3-7-28-27(18-21-10-12-22(13-11-21)26-9-6-5-8-23(26)19-33)30(38)36(32-34-20-35-37(28)32)24-14-16-25(17-15-24)41-29(4-2)31(39)40/h5-6,8-13,20,24-25,29H,3-4,7,14-18H2,1-2H3,(H,39,40)/t24-,25-,29?. The Hall–Kier alpha value is -4.29. The zero-order valence-electron chi connectivity index (χ0n) is 23.5. The van der Waals surface area contributed by atoms with Crippen LogP contribution in [-0.4, -0.2) is 42.4 Å². The van der Waals surface area contributed by atoms with E-state index >= 15 is 0 Å². The maximum atomic E-state index is 14.2. The Morgan fingerprint density at radius 1 is 1.12 bits per heavy atom. The van der Waals surface area contributed by atoms with E-state index in [4.69, 9.17) is 4.74 Å². The van der Waals surface area contributed by atoms with Crippen LogP contribution < -0.4 is 5.56 Å². The summed E-state index contributed by atoms with van der Waals surface area (Å²) in [7, 11) is 0. The molecule has 0 spiro atoms. The minimum atomic E-state index is -0.936. The number of nitriles is 1. The lowest BCUT2D eigenvalue weighted by Gasteiger charge is -2.31. The number of nitrogens with zero attached hydrogens (tertiary/aromatic N) is 5. The molecule has 212 valence electrons. The number of hydrogen-bond acceptors (Lipinski definition) is 6. The smallest absolute Gasteiger partial charge is 0.332 e. The molecule has 1 fully saturated rings. The molecule has 5 rings (SSSR count). The van der Waals surface area contributed by atoms with Crippen LogP contribution in [0.4, 0.5) is 0 Å². The summed E-state index contributed by atoms with van der Waals surface area (Å²) in [6, 6.07) is 17.7. The molecule has 1 aliphatic rings. The molecule has 1 aliphatic carbocycles. The van der Waals surface area contributed by atoms with Crippen LogP contribution in [0.15, 0.2) is 59.7 Å². The zero-order valence-corrected chi connectivity index (χ0v) is 23.5. The van der Waals surface area contributed by atoms with Gasteiger partial charge < -0.3 is 9.84 Å². The second-order valence-corrected chi connectivity index (χ2v) is 10.7. The predicted octanol–water partition coefficient (Wildman–Crippen LogP) is 5.34. The number of carbonyl (C=O) groups is 1. The topological polar surface area (TPSA) is 123 Å². The molecule has 2 aromatic heterocycles. The quantitative estimate of drug-likeness (QED) is 0.281. The summed E-state index contributed by atoms with van der Waals surface area (Å²) in [5.41, 5.74) is 5.01. The Morgan fingerprint density at radius 3 is 2.51 bits per heavy atom. The molecule has 1 atom stereocenters. The van der Waals surface area contributed by atoms with Gasteiger partial charge in [0.2, 0.25) is 5.78 Å². The monoisotopic (exact) mass is 553 g/mol. The fourth-order valence-corrected chi connectivity index (χ4v) is 5.92. The zero-order chi connectivity index (χ0) is 28.9. The van der Waals surface area contributed by atoms with Crippen molar-refractivity contribution in [3.05, 3.63) is 87.6 Å². The third-order valence-corrected chi connectivity index (χ3v) is 8.02. The van der Waals surface area contributed by atoms with Crippen molar-refractivity contribution in [1.82, 2.24) is 19.2 Å². The van der Waals surface area contributed by atoms with Gasteiger partial charge in [-0.05, 0) is 61.3 Å². The Balaban J connectivity index is 1.46. The second-order valence-electron chi connectivity index (χ2n) is 10.7. The highest BCUT2D eigenvalue weighted by Gasteiger charge is 2.30. The van der Waals surface area contributed by atoms with Crippen molar-refractivity contribution in [3.63, 3.8) is 0 Å². The summed E-state index contributed by atoms with van der Waals surface area (Å²) in [6.45, 7) is 3.89. The largest absolute Gasteiger partial charge is 0.479 e. The molecule has 0 bridgehead atoms. The number of rotatable bonds is 10. The van der Waals surface area contributed by atoms with Gasteiger partial charge in [-0.2, -0.15) is 15.3 Å². The van der Waals surface area contributed by atoms with Crippen molar-refractivity contribution in [1.29, 1.82) is 5.26 Å². The number of aliphatic carboxylic acids is 1. The van der Waals surface area contributed by atoms with Crippen LogP contribution >= 0.6 is 0 Å². The highest BCUT2D eigenvalue weighted by molar-refractivity contribution is 5.72. The molecule has 9 heteroatoms. The molecule has 9 nitrogen and oxygen atoms in total. The first-order chi connectivity index (χ1) is 19.9. The van der Waals surface area contributed by atoms with Gasteiger partial charge in [0.25, 0.3) is 5.56 Å². The number of carboxylic acids is 1. The molecular formula is C32H35N5O4. The second kappa shape index (κ2) is 12.5. The fraction of sp³-hybridized carbons (Fsp3) is 0.406. The predicted molar refractivity (Wildman–Crippen MR) is 155 cm³/mol. The van der Waals surface area contributed by atoms with E-state index in [1.54, 1.807) is 4.57 Å². The van der Waals surface area contributed by atoms with Gasteiger partial charge in [0, 0.05) is 18.0 Å². The van der Waals surface area contributed by atoms with E-state index < -0.39 is 12.1 Å². The molecular weight excluding hydrogens is 518 g/mol. The summed E-state index contributed by atoms with van der Waals surface area (Å²) >= 11 is 0.